The number of benzene rings is 1. The average molecular weight is 499 g/mol. The highest BCUT2D eigenvalue weighted by atomic mass is 35.5. The fourth-order valence-corrected chi connectivity index (χ4v) is 3.47. The van der Waals surface area contributed by atoms with Crippen molar-refractivity contribution in [3.05, 3.63) is 64.1 Å². The molecule has 0 aliphatic heterocycles. The summed E-state index contributed by atoms with van der Waals surface area (Å²) >= 11 is 12.3. The molecule has 0 aliphatic carbocycles. The summed E-state index contributed by atoms with van der Waals surface area (Å²) in [5, 5.41) is 13.4. The number of fused-ring (bicyclic) bond motifs is 1. The molecule has 1 aromatic carbocycles. The summed E-state index contributed by atoms with van der Waals surface area (Å²) in [5.41, 5.74) is 0.451. The van der Waals surface area contributed by atoms with Crippen molar-refractivity contribution < 1.29 is 27.5 Å². The minimum absolute atomic E-state index is 0.0300. The zero-order valence-electron chi connectivity index (χ0n) is 17.1. The fourth-order valence-electron chi connectivity index (χ4n) is 2.97. The van der Waals surface area contributed by atoms with Crippen molar-refractivity contribution in [2.75, 3.05) is 0 Å². The van der Waals surface area contributed by atoms with Crippen LogP contribution in [0.1, 0.15) is 18.1 Å². The van der Waals surface area contributed by atoms with Crippen LogP contribution >= 0.6 is 23.2 Å². The van der Waals surface area contributed by atoms with Crippen molar-refractivity contribution in [1.29, 1.82) is 0 Å². The van der Waals surface area contributed by atoms with Gasteiger partial charge in [-0.1, -0.05) is 34.9 Å². The Morgan fingerprint density at radius 2 is 1.91 bits per heavy atom. The number of pyridine rings is 1. The van der Waals surface area contributed by atoms with Crippen LogP contribution in [0.25, 0.3) is 28.6 Å². The molecule has 1 atom stereocenters. The van der Waals surface area contributed by atoms with E-state index in [1.165, 1.54) is 6.20 Å². The summed E-state index contributed by atoms with van der Waals surface area (Å²) < 4.78 is 51.2. The van der Waals surface area contributed by atoms with Gasteiger partial charge in [-0.2, -0.15) is 18.2 Å². The molecule has 0 saturated carbocycles. The van der Waals surface area contributed by atoms with E-state index in [1.54, 1.807) is 26.0 Å². The van der Waals surface area contributed by atoms with E-state index in [0.29, 0.717) is 16.9 Å². The van der Waals surface area contributed by atoms with Gasteiger partial charge in [-0.25, -0.2) is 4.98 Å². The molecule has 33 heavy (non-hydrogen) atoms. The molecular formula is C21H15Cl2F3N4O3. The van der Waals surface area contributed by atoms with Crippen molar-refractivity contribution in [2.24, 2.45) is 0 Å². The smallest absolute Gasteiger partial charge is 0.417 e. The third-order valence-electron chi connectivity index (χ3n) is 4.76. The van der Waals surface area contributed by atoms with Gasteiger partial charge in [-0.3, -0.25) is 0 Å². The monoisotopic (exact) mass is 498 g/mol. The Labute approximate surface area is 195 Å². The first kappa shape index (κ1) is 22.9. The van der Waals surface area contributed by atoms with Crippen LogP contribution in [0.15, 0.2) is 47.5 Å². The zero-order chi connectivity index (χ0) is 24.1. The normalized spacial score (nSPS) is 12.8. The second kappa shape index (κ2) is 8.27. The number of halogens is 5. The highest BCUT2D eigenvalue weighted by Crippen LogP contribution is 2.35. The predicted molar refractivity (Wildman–Crippen MR) is 116 cm³/mol. The van der Waals surface area contributed by atoms with Crippen LogP contribution in [0.4, 0.5) is 13.2 Å². The molecule has 0 amide bonds. The lowest BCUT2D eigenvalue weighted by molar-refractivity contribution is -0.137. The Morgan fingerprint density at radius 1 is 1.18 bits per heavy atom. The number of aromatic nitrogens is 4. The lowest BCUT2D eigenvalue weighted by Gasteiger charge is -2.16. The number of hydrogen-bond acceptors (Lipinski definition) is 6. The van der Waals surface area contributed by atoms with Crippen LogP contribution in [-0.2, 0) is 6.18 Å². The van der Waals surface area contributed by atoms with E-state index < -0.39 is 17.8 Å². The maximum atomic E-state index is 13.1. The van der Waals surface area contributed by atoms with E-state index in [2.05, 4.69) is 21.7 Å². The number of aliphatic hydroxyl groups is 1. The Hall–Kier alpha value is -3.24. The van der Waals surface area contributed by atoms with Gasteiger partial charge >= 0.3 is 6.18 Å². The lowest BCUT2D eigenvalue weighted by atomic mass is 10.1. The Balaban J connectivity index is 1.68. The van der Waals surface area contributed by atoms with Crippen molar-refractivity contribution in [3.63, 3.8) is 0 Å². The molecule has 12 heteroatoms. The molecule has 4 aromatic rings. The molecule has 1 unspecified atom stereocenters. The highest BCUT2D eigenvalue weighted by Gasteiger charge is 2.32. The van der Waals surface area contributed by atoms with Gasteiger partial charge in [0.1, 0.15) is 17.2 Å². The number of hydrogen-bond donors (Lipinski definition) is 1. The second-order valence-corrected chi connectivity index (χ2v) is 8.02. The first-order chi connectivity index (χ1) is 15.4. The number of alkyl halides is 3. The van der Waals surface area contributed by atoms with E-state index in [-0.39, 0.29) is 38.9 Å². The van der Waals surface area contributed by atoms with E-state index in [9.17, 15) is 18.3 Å². The number of rotatable bonds is 5. The van der Waals surface area contributed by atoms with Crippen LogP contribution in [0, 0.1) is 6.92 Å². The van der Waals surface area contributed by atoms with Gasteiger partial charge in [-0.05, 0) is 37.6 Å². The summed E-state index contributed by atoms with van der Waals surface area (Å²) in [6, 6.07) is 4.02. The third-order valence-corrected chi connectivity index (χ3v) is 5.35. The number of nitrogens with zero attached hydrogens (tertiary/aromatic N) is 4. The number of imidazole rings is 1. The maximum Gasteiger partial charge on any atom is 0.417 e. The average Bonchev–Trinajstić information content (AvgIpc) is 3.37. The molecule has 0 radical (unpaired) electrons. The molecule has 1 N–H and O–H groups in total. The molecule has 0 bridgehead atoms. The Morgan fingerprint density at radius 3 is 2.58 bits per heavy atom. The lowest BCUT2D eigenvalue weighted by Crippen LogP contribution is -2.14. The maximum absolute atomic E-state index is 13.1. The zero-order valence-corrected chi connectivity index (χ0v) is 18.6. The Bertz CT molecular complexity index is 1380. The molecule has 3 heterocycles. The van der Waals surface area contributed by atoms with Crippen LogP contribution in [0.5, 0.6) is 5.75 Å². The van der Waals surface area contributed by atoms with Crippen molar-refractivity contribution in [1.82, 2.24) is 19.5 Å². The van der Waals surface area contributed by atoms with Gasteiger partial charge < -0.3 is 18.8 Å². The summed E-state index contributed by atoms with van der Waals surface area (Å²) in [7, 11) is 0. The predicted octanol–water partition coefficient (Wildman–Crippen LogP) is 6.52. The third kappa shape index (κ3) is 4.49. The van der Waals surface area contributed by atoms with E-state index in [1.807, 2.05) is 0 Å². The second-order valence-electron chi connectivity index (χ2n) is 7.20. The fraction of sp³-hybridized carbons (Fsp3) is 0.190. The topological polar surface area (TPSA) is 85.7 Å². The molecular weight excluding hydrogens is 484 g/mol. The molecule has 0 saturated heterocycles. The van der Waals surface area contributed by atoms with E-state index in [0.717, 1.165) is 16.7 Å². The van der Waals surface area contributed by atoms with Gasteiger partial charge in [0.05, 0.1) is 15.6 Å². The summed E-state index contributed by atoms with van der Waals surface area (Å²) in [6.07, 6.45) is -3.02. The quantitative estimate of drug-likeness (QED) is 0.315. The first-order valence-electron chi connectivity index (χ1n) is 9.38. The summed E-state index contributed by atoms with van der Waals surface area (Å²) in [5.74, 6) is 0.416. The highest BCUT2D eigenvalue weighted by molar-refractivity contribution is 6.33. The molecule has 4 rings (SSSR count). The van der Waals surface area contributed by atoms with Gasteiger partial charge in [0.25, 0.3) is 5.89 Å². The standard InChI is InChI=1S/C21H15Cl2F3N4O3/c1-9-4-13(14(22)6-17(9)32-11(3)10(2)31)18-28-20(33-29-18)16-8-30-7-12(21(24,25)26)5-15(23)19(30)27-16/h4-8,11,31H,2H2,1,3H3. The van der Waals surface area contributed by atoms with E-state index >= 15 is 0 Å². The first-order valence-corrected chi connectivity index (χ1v) is 10.1. The molecule has 3 aromatic heterocycles. The molecule has 172 valence electrons. The van der Waals surface area contributed by atoms with Gasteiger partial charge in [0.15, 0.2) is 11.8 Å². The summed E-state index contributed by atoms with van der Waals surface area (Å²) in [4.78, 5) is 8.47. The van der Waals surface area contributed by atoms with Crippen molar-refractivity contribution in [2.45, 2.75) is 26.1 Å². The van der Waals surface area contributed by atoms with Gasteiger partial charge in [-0.15, -0.1) is 0 Å². The van der Waals surface area contributed by atoms with E-state index in [4.69, 9.17) is 32.5 Å². The van der Waals surface area contributed by atoms with Crippen molar-refractivity contribution >= 4 is 28.8 Å². The summed E-state index contributed by atoms with van der Waals surface area (Å²) in [6.45, 7) is 6.83. The molecule has 0 aliphatic rings. The minimum atomic E-state index is -4.56. The minimum Gasteiger partial charge on any atom is -0.509 e. The van der Waals surface area contributed by atoms with Gasteiger partial charge in [0, 0.05) is 18.0 Å². The SMILES string of the molecule is C=C(O)C(C)Oc1cc(Cl)c(-c2noc(-c3cn4cc(C(F)(F)F)cc(Cl)c4n3)n2)cc1C. The largest absolute Gasteiger partial charge is 0.509 e. The van der Waals surface area contributed by atoms with Gasteiger partial charge in [0.2, 0.25) is 5.82 Å². The number of aryl methyl sites for hydroxylation is 1. The molecule has 7 nitrogen and oxygen atoms in total. The van der Waals surface area contributed by atoms with Crippen LogP contribution in [-0.4, -0.2) is 30.7 Å². The molecule has 0 fully saturated rings. The van der Waals surface area contributed by atoms with Crippen LogP contribution < -0.4 is 4.74 Å². The van der Waals surface area contributed by atoms with Crippen LogP contribution in [0.2, 0.25) is 10.0 Å². The number of aliphatic hydroxyl groups excluding tert-OH is 1. The number of ether oxygens (including phenoxy) is 1. The Kier molecular flexibility index (Phi) is 5.75. The molecule has 0 spiro atoms. The van der Waals surface area contributed by atoms with Crippen molar-refractivity contribution in [3.8, 4) is 28.7 Å². The van der Waals surface area contributed by atoms with Crippen LogP contribution in [0.3, 0.4) is 0 Å².